The van der Waals surface area contributed by atoms with Gasteiger partial charge in [0.15, 0.2) is 5.75 Å². The first-order chi connectivity index (χ1) is 9.50. The Balaban J connectivity index is 3.37. The molecule has 0 saturated carbocycles. The van der Waals surface area contributed by atoms with E-state index in [9.17, 15) is 18.0 Å². The van der Waals surface area contributed by atoms with Crippen LogP contribution in [0.25, 0.3) is 0 Å². The third kappa shape index (κ3) is 4.01. The standard InChI is InChI=1S/C13H17F3N2O3/c1-12(2,3)7-5-8(17-11(19)13(14,15)16)10(21-4)9(6-7)18-20/h5-6,18,20H,1-4H3,(H,17,19). The van der Waals surface area contributed by atoms with E-state index >= 15 is 0 Å². The van der Waals surface area contributed by atoms with Gasteiger partial charge in [-0.15, -0.1) is 0 Å². The summed E-state index contributed by atoms with van der Waals surface area (Å²) < 4.78 is 42.1. The molecular formula is C13H17F3N2O3. The number of alkyl halides is 3. The minimum atomic E-state index is -5.02. The summed E-state index contributed by atoms with van der Waals surface area (Å²) in [6.45, 7) is 5.52. The minimum absolute atomic E-state index is 0.0578. The van der Waals surface area contributed by atoms with E-state index in [1.54, 1.807) is 5.32 Å². The zero-order chi connectivity index (χ0) is 16.4. The van der Waals surface area contributed by atoms with Crippen molar-refractivity contribution in [2.75, 3.05) is 17.9 Å². The summed E-state index contributed by atoms with van der Waals surface area (Å²) >= 11 is 0. The number of hydrogen-bond donors (Lipinski definition) is 3. The molecule has 0 atom stereocenters. The van der Waals surface area contributed by atoms with Crippen LogP contribution in [0.2, 0.25) is 0 Å². The van der Waals surface area contributed by atoms with Crippen LogP contribution in [0.5, 0.6) is 5.75 Å². The van der Waals surface area contributed by atoms with E-state index in [0.29, 0.717) is 5.56 Å². The molecule has 1 aromatic carbocycles. The third-order valence-corrected chi connectivity index (χ3v) is 2.79. The average Bonchev–Trinajstić information content (AvgIpc) is 2.35. The smallest absolute Gasteiger partial charge is 0.471 e. The van der Waals surface area contributed by atoms with Crippen LogP contribution in [-0.2, 0) is 10.2 Å². The summed E-state index contributed by atoms with van der Waals surface area (Å²) in [6.07, 6.45) is -5.02. The number of methoxy groups -OCH3 is 1. The summed E-state index contributed by atoms with van der Waals surface area (Å²) in [7, 11) is 1.22. The maximum atomic E-state index is 12.4. The Bertz CT molecular complexity index is 537. The van der Waals surface area contributed by atoms with Gasteiger partial charge < -0.3 is 10.1 Å². The fourth-order valence-electron chi connectivity index (χ4n) is 1.65. The highest BCUT2D eigenvalue weighted by molar-refractivity contribution is 5.97. The fraction of sp³-hybridized carbons (Fsp3) is 0.462. The second-order valence-corrected chi connectivity index (χ2v) is 5.42. The van der Waals surface area contributed by atoms with Gasteiger partial charge in [-0.3, -0.25) is 15.5 Å². The fourth-order valence-corrected chi connectivity index (χ4v) is 1.65. The predicted octanol–water partition coefficient (Wildman–Crippen LogP) is 3.29. The molecule has 1 aromatic rings. The molecule has 0 spiro atoms. The molecule has 0 aliphatic rings. The number of amides is 1. The lowest BCUT2D eigenvalue weighted by atomic mass is 9.86. The Morgan fingerprint density at radius 3 is 2.10 bits per heavy atom. The van der Waals surface area contributed by atoms with Crippen LogP contribution >= 0.6 is 0 Å². The van der Waals surface area contributed by atoms with E-state index in [1.165, 1.54) is 19.2 Å². The van der Waals surface area contributed by atoms with Crippen molar-refractivity contribution in [1.29, 1.82) is 0 Å². The van der Waals surface area contributed by atoms with Crippen LogP contribution in [-0.4, -0.2) is 24.4 Å². The van der Waals surface area contributed by atoms with Crippen LogP contribution in [0, 0.1) is 0 Å². The lowest BCUT2D eigenvalue weighted by molar-refractivity contribution is -0.167. The highest BCUT2D eigenvalue weighted by Crippen LogP contribution is 2.38. The van der Waals surface area contributed by atoms with Gasteiger partial charge in [0.1, 0.15) is 5.69 Å². The first kappa shape index (κ1) is 17.1. The molecule has 0 unspecified atom stereocenters. The summed E-state index contributed by atoms with van der Waals surface area (Å²) in [6, 6.07) is 2.91. The highest BCUT2D eigenvalue weighted by atomic mass is 19.4. The van der Waals surface area contributed by atoms with Crippen LogP contribution in [0.4, 0.5) is 24.5 Å². The zero-order valence-corrected chi connectivity index (χ0v) is 12.1. The van der Waals surface area contributed by atoms with E-state index in [-0.39, 0.29) is 17.1 Å². The lowest BCUT2D eigenvalue weighted by Crippen LogP contribution is -2.30. The van der Waals surface area contributed by atoms with E-state index < -0.39 is 17.5 Å². The number of hydrogen-bond acceptors (Lipinski definition) is 4. The van der Waals surface area contributed by atoms with Crippen LogP contribution in [0.15, 0.2) is 12.1 Å². The second kappa shape index (κ2) is 5.80. The van der Waals surface area contributed by atoms with Crippen molar-refractivity contribution in [3.63, 3.8) is 0 Å². The maximum Gasteiger partial charge on any atom is 0.471 e. The van der Waals surface area contributed by atoms with Crippen molar-refractivity contribution in [3.8, 4) is 5.75 Å². The Kier molecular flexibility index (Phi) is 4.72. The molecule has 0 saturated heterocycles. The van der Waals surface area contributed by atoms with Crippen molar-refractivity contribution in [1.82, 2.24) is 0 Å². The average molecular weight is 306 g/mol. The minimum Gasteiger partial charge on any atom is -0.492 e. The number of anilines is 2. The van der Waals surface area contributed by atoms with Gasteiger partial charge in [-0.1, -0.05) is 20.8 Å². The molecule has 0 heterocycles. The van der Waals surface area contributed by atoms with Crippen molar-refractivity contribution in [2.45, 2.75) is 32.4 Å². The zero-order valence-electron chi connectivity index (χ0n) is 12.1. The SMILES string of the molecule is COc1c(NO)cc(C(C)(C)C)cc1NC(=O)C(F)(F)F. The molecule has 0 radical (unpaired) electrons. The predicted molar refractivity (Wildman–Crippen MR) is 71.8 cm³/mol. The number of carbonyl (C=O) groups excluding carboxylic acids is 1. The molecular weight excluding hydrogens is 289 g/mol. The van der Waals surface area contributed by atoms with Gasteiger partial charge in [-0.2, -0.15) is 13.2 Å². The molecule has 0 aliphatic carbocycles. The number of ether oxygens (including phenoxy) is 1. The molecule has 1 amide bonds. The van der Waals surface area contributed by atoms with E-state index in [1.807, 2.05) is 26.3 Å². The number of benzene rings is 1. The van der Waals surface area contributed by atoms with Gasteiger partial charge >= 0.3 is 12.1 Å². The van der Waals surface area contributed by atoms with Crippen molar-refractivity contribution in [2.24, 2.45) is 0 Å². The molecule has 0 aromatic heterocycles. The van der Waals surface area contributed by atoms with E-state index in [4.69, 9.17) is 9.94 Å². The Labute approximate surface area is 120 Å². The molecule has 118 valence electrons. The highest BCUT2D eigenvalue weighted by Gasteiger charge is 2.39. The number of halogens is 3. The van der Waals surface area contributed by atoms with Crippen LogP contribution in [0.3, 0.4) is 0 Å². The van der Waals surface area contributed by atoms with Gasteiger partial charge in [0.05, 0.1) is 12.8 Å². The summed E-state index contributed by atoms with van der Waals surface area (Å²) in [5.74, 6) is -2.21. The molecule has 0 fully saturated rings. The van der Waals surface area contributed by atoms with Gasteiger partial charge in [0.2, 0.25) is 0 Å². The molecule has 5 nitrogen and oxygen atoms in total. The maximum absolute atomic E-state index is 12.4. The van der Waals surface area contributed by atoms with Gasteiger partial charge in [0.25, 0.3) is 0 Å². The monoisotopic (exact) mass is 306 g/mol. The van der Waals surface area contributed by atoms with Gasteiger partial charge in [-0.05, 0) is 23.1 Å². The van der Waals surface area contributed by atoms with Gasteiger partial charge in [0, 0.05) is 0 Å². The third-order valence-electron chi connectivity index (χ3n) is 2.79. The first-order valence-corrected chi connectivity index (χ1v) is 6.01. The topological polar surface area (TPSA) is 70.6 Å². The van der Waals surface area contributed by atoms with E-state index in [2.05, 4.69) is 0 Å². The first-order valence-electron chi connectivity index (χ1n) is 6.01. The Hall–Kier alpha value is -1.96. The summed E-state index contributed by atoms with van der Waals surface area (Å²) in [5.41, 5.74) is 1.94. The van der Waals surface area contributed by atoms with E-state index in [0.717, 1.165) is 0 Å². The van der Waals surface area contributed by atoms with Crippen LogP contribution < -0.4 is 15.5 Å². The van der Waals surface area contributed by atoms with Crippen molar-refractivity contribution < 1.29 is 27.9 Å². The summed E-state index contributed by atoms with van der Waals surface area (Å²) in [5, 5.41) is 10.8. The Morgan fingerprint density at radius 2 is 1.71 bits per heavy atom. The molecule has 3 N–H and O–H groups in total. The molecule has 8 heteroatoms. The Morgan fingerprint density at radius 1 is 1.19 bits per heavy atom. The lowest BCUT2D eigenvalue weighted by Gasteiger charge is -2.23. The van der Waals surface area contributed by atoms with Gasteiger partial charge in [-0.25, -0.2) is 0 Å². The van der Waals surface area contributed by atoms with Crippen molar-refractivity contribution >= 4 is 17.3 Å². The molecule has 0 aliphatic heterocycles. The van der Waals surface area contributed by atoms with Crippen molar-refractivity contribution in [3.05, 3.63) is 17.7 Å². The number of carbonyl (C=O) groups is 1. The number of nitrogens with one attached hydrogen (secondary N) is 2. The quantitative estimate of drug-likeness (QED) is 0.749. The normalized spacial score (nSPS) is 12.0. The molecule has 21 heavy (non-hydrogen) atoms. The van der Waals surface area contributed by atoms with Crippen LogP contribution in [0.1, 0.15) is 26.3 Å². The summed E-state index contributed by atoms with van der Waals surface area (Å²) in [4.78, 5) is 11.1. The largest absolute Gasteiger partial charge is 0.492 e. The second-order valence-electron chi connectivity index (χ2n) is 5.42. The molecule has 0 bridgehead atoms. The number of rotatable bonds is 3. The molecule has 1 rings (SSSR count).